The highest BCUT2D eigenvalue weighted by Gasteiger charge is 2.25. The summed E-state index contributed by atoms with van der Waals surface area (Å²) in [7, 11) is 0. The van der Waals surface area contributed by atoms with E-state index in [2.05, 4.69) is 177 Å². The number of para-hydroxylation sites is 4. The van der Waals surface area contributed by atoms with E-state index in [0.717, 1.165) is 0 Å². The molecule has 0 spiro atoms. The summed E-state index contributed by atoms with van der Waals surface area (Å²) in [5, 5.41) is 12.8. The molecule has 0 saturated carbocycles. The molecule has 0 aliphatic carbocycles. The maximum atomic E-state index is 2.57. The molecule has 0 aliphatic rings. The van der Waals surface area contributed by atoms with Crippen molar-refractivity contribution in [2.75, 3.05) is 0 Å². The maximum absolute atomic E-state index is 2.57. The normalized spacial score (nSPS) is 12.5. The number of nitrogens with zero attached hydrogens (tertiary/aromatic N) is 3. The molecule has 4 aromatic heterocycles. The van der Waals surface area contributed by atoms with Gasteiger partial charge in [-0.15, -0.1) is 0 Å². The van der Waals surface area contributed by atoms with Crippen LogP contribution in [0, 0.1) is 0 Å². The van der Waals surface area contributed by atoms with E-state index in [1.165, 1.54) is 104 Å². The lowest BCUT2D eigenvalue weighted by molar-refractivity contribution is 1.17. The third-order valence-electron chi connectivity index (χ3n) is 10.9. The summed E-state index contributed by atoms with van der Waals surface area (Å²) in [6.07, 6.45) is 0. The highest BCUT2D eigenvalue weighted by molar-refractivity contribution is 6.35. The van der Waals surface area contributed by atoms with E-state index in [1.54, 1.807) is 0 Å². The summed E-state index contributed by atoms with van der Waals surface area (Å²) in [6, 6.07) is 60.3. The van der Waals surface area contributed by atoms with E-state index in [0.29, 0.717) is 0 Å². The first-order chi connectivity index (χ1) is 24.3. The summed E-state index contributed by atoms with van der Waals surface area (Å²) in [5.74, 6) is 0. The molecule has 0 radical (unpaired) electrons. The predicted molar refractivity (Wildman–Crippen MR) is 207 cm³/mol. The average Bonchev–Trinajstić information content (AvgIpc) is 3.89. The molecule has 0 saturated heterocycles. The van der Waals surface area contributed by atoms with E-state index in [4.69, 9.17) is 0 Å². The van der Waals surface area contributed by atoms with Crippen LogP contribution in [0.25, 0.3) is 104 Å². The van der Waals surface area contributed by atoms with Gasteiger partial charge in [0.1, 0.15) is 0 Å². The van der Waals surface area contributed by atoms with Crippen molar-refractivity contribution in [1.29, 1.82) is 0 Å². The van der Waals surface area contributed by atoms with Crippen LogP contribution in [-0.2, 0) is 0 Å². The van der Waals surface area contributed by atoms with E-state index in [9.17, 15) is 0 Å². The molecule has 3 nitrogen and oxygen atoms in total. The van der Waals surface area contributed by atoms with Gasteiger partial charge >= 0.3 is 0 Å². The Labute approximate surface area is 280 Å². The van der Waals surface area contributed by atoms with Gasteiger partial charge in [0.15, 0.2) is 0 Å². The predicted octanol–water partition coefficient (Wildman–Crippen LogP) is 12.2. The van der Waals surface area contributed by atoms with Gasteiger partial charge in [-0.2, -0.15) is 0 Å². The molecule has 12 rings (SSSR count). The van der Waals surface area contributed by atoms with E-state index >= 15 is 0 Å². The fourth-order valence-corrected chi connectivity index (χ4v) is 8.98. The molecule has 0 atom stereocenters. The zero-order valence-electron chi connectivity index (χ0n) is 26.4. The van der Waals surface area contributed by atoms with Crippen molar-refractivity contribution >= 4 is 92.5 Å². The summed E-state index contributed by atoms with van der Waals surface area (Å²) in [4.78, 5) is 0. The molecule has 226 valence electrons. The lowest BCUT2D eigenvalue weighted by Gasteiger charge is -2.12. The number of hydrogen-bond acceptors (Lipinski definition) is 0. The van der Waals surface area contributed by atoms with Crippen molar-refractivity contribution in [2.24, 2.45) is 0 Å². The van der Waals surface area contributed by atoms with Gasteiger partial charge in [0.05, 0.1) is 38.6 Å². The quantitative estimate of drug-likeness (QED) is 0.182. The third-order valence-corrected chi connectivity index (χ3v) is 10.9. The van der Waals surface area contributed by atoms with E-state index in [1.807, 2.05) is 0 Å². The smallest absolute Gasteiger partial charge is 0.0642 e. The van der Waals surface area contributed by atoms with Crippen molar-refractivity contribution in [3.63, 3.8) is 0 Å². The second kappa shape index (κ2) is 9.06. The van der Waals surface area contributed by atoms with Gasteiger partial charge in [0.2, 0.25) is 0 Å². The molecule has 0 aliphatic heterocycles. The zero-order chi connectivity index (χ0) is 31.8. The van der Waals surface area contributed by atoms with Gasteiger partial charge in [-0.3, -0.25) is 0 Å². The second-order valence-electron chi connectivity index (χ2n) is 13.3. The summed E-state index contributed by atoms with van der Waals surface area (Å²) in [6.45, 7) is 0. The van der Waals surface area contributed by atoms with Gasteiger partial charge in [-0.25, -0.2) is 0 Å². The lowest BCUT2D eigenvalue weighted by Crippen LogP contribution is -1.96. The first kappa shape index (κ1) is 25.5. The van der Waals surface area contributed by atoms with E-state index in [-0.39, 0.29) is 0 Å². The molecule has 0 fully saturated rings. The Morgan fingerprint density at radius 3 is 1.71 bits per heavy atom. The van der Waals surface area contributed by atoms with Crippen molar-refractivity contribution in [3.8, 4) is 11.4 Å². The van der Waals surface area contributed by atoms with Crippen LogP contribution in [0.2, 0.25) is 0 Å². The average molecular weight is 622 g/mol. The Hall–Kier alpha value is -6.58. The summed E-state index contributed by atoms with van der Waals surface area (Å²) in [5.41, 5.74) is 11.1. The molecule has 3 heteroatoms. The molecule has 4 heterocycles. The Bertz CT molecular complexity index is 3320. The van der Waals surface area contributed by atoms with Crippen LogP contribution in [0.4, 0.5) is 0 Å². The fraction of sp³-hybridized carbons (Fsp3) is 0. The molecule has 0 amide bonds. The third kappa shape index (κ3) is 3.13. The van der Waals surface area contributed by atoms with E-state index < -0.39 is 0 Å². The number of aromatic nitrogens is 3. The van der Waals surface area contributed by atoms with Gasteiger partial charge < -0.3 is 13.5 Å². The first-order valence-electron chi connectivity index (χ1n) is 17.0. The van der Waals surface area contributed by atoms with Gasteiger partial charge in [0.25, 0.3) is 0 Å². The number of rotatable bonds is 2. The van der Waals surface area contributed by atoms with Crippen LogP contribution in [-0.4, -0.2) is 13.5 Å². The van der Waals surface area contributed by atoms with Crippen LogP contribution in [0.3, 0.4) is 0 Å². The molecule has 0 unspecified atom stereocenters. The van der Waals surface area contributed by atoms with Crippen LogP contribution < -0.4 is 0 Å². The van der Waals surface area contributed by atoms with Crippen LogP contribution in [0.1, 0.15) is 0 Å². The van der Waals surface area contributed by atoms with Crippen molar-refractivity contribution < 1.29 is 0 Å². The zero-order valence-corrected chi connectivity index (χ0v) is 26.4. The molecule has 49 heavy (non-hydrogen) atoms. The lowest BCUT2D eigenvalue weighted by atomic mass is 10.0. The highest BCUT2D eigenvalue weighted by atomic mass is 15.0. The molecule has 12 aromatic rings. The largest absolute Gasteiger partial charge is 0.309 e. The van der Waals surface area contributed by atoms with Crippen LogP contribution in [0.5, 0.6) is 0 Å². The SMILES string of the molecule is c1ccc(-n2c3ccccc3c3cc(-n4c5c6ccccc6ccc5c5cc6c7ccccc7n7c8ccccc8c(c54)c67)ccc32)cc1. The topological polar surface area (TPSA) is 14.3 Å². The molecular formula is C46H27N3. The van der Waals surface area contributed by atoms with Gasteiger partial charge in [-0.05, 0) is 60.0 Å². The summed E-state index contributed by atoms with van der Waals surface area (Å²) >= 11 is 0. The first-order valence-corrected chi connectivity index (χ1v) is 17.0. The molecule has 8 aromatic carbocycles. The van der Waals surface area contributed by atoms with Crippen molar-refractivity contribution in [2.45, 2.75) is 0 Å². The maximum Gasteiger partial charge on any atom is 0.0642 e. The van der Waals surface area contributed by atoms with Crippen LogP contribution in [0.15, 0.2) is 164 Å². The molecular weight excluding hydrogens is 595 g/mol. The minimum atomic E-state index is 1.17. The van der Waals surface area contributed by atoms with Crippen molar-refractivity contribution in [3.05, 3.63) is 164 Å². The second-order valence-corrected chi connectivity index (χ2v) is 13.3. The highest BCUT2D eigenvalue weighted by Crippen LogP contribution is 2.48. The monoisotopic (exact) mass is 621 g/mol. The standard InChI is InChI=1S/C46H27N3/c1-2-13-29(14-3-1)47-39-19-9-6-16-32(39)36-26-30(23-25-42(36)47)48-44-31-15-5-4-12-28(31)22-24-34(44)38-27-37-33-17-7-10-20-40(33)49-41-21-11-8-18-35(41)43(45(38)48)46(37)49/h1-27H. The fourth-order valence-electron chi connectivity index (χ4n) is 8.98. The Kier molecular flexibility index (Phi) is 4.72. The Morgan fingerprint density at radius 1 is 0.286 bits per heavy atom. The molecule has 0 N–H and O–H groups in total. The minimum absolute atomic E-state index is 1.17. The Balaban J connectivity index is 1.32. The Morgan fingerprint density at radius 2 is 0.898 bits per heavy atom. The number of benzene rings is 8. The number of hydrogen-bond donors (Lipinski definition) is 0. The van der Waals surface area contributed by atoms with Crippen molar-refractivity contribution in [1.82, 2.24) is 13.5 Å². The summed E-state index contributed by atoms with van der Waals surface area (Å²) < 4.78 is 7.46. The van der Waals surface area contributed by atoms with Gasteiger partial charge in [-0.1, -0.05) is 109 Å². The molecule has 0 bridgehead atoms. The minimum Gasteiger partial charge on any atom is -0.309 e. The van der Waals surface area contributed by atoms with Crippen LogP contribution >= 0.6 is 0 Å². The van der Waals surface area contributed by atoms with Gasteiger partial charge in [0, 0.05) is 59.9 Å². The number of fused-ring (bicyclic) bond motifs is 15.